The minimum atomic E-state index is -0.894. The number of likely N-dealkylation sites (tertiary alicyclic amines) is 1. The zero-order valence-electron chi connectivity index (χ0n) is 44.1. The SMILES string of the molecule is COC1=CC(C)C(C(OCC2CN(C(=O)CCCCCNC(=O)O[C@H]3CC[C@@]4(C)C(=CCC5C4CC[C@@]4(C)C5CC[C@@H]4C(C)CCCC(C)C)C3)CC2O)(c2ccccc2)c2ccc(OC)cc2)C=C1. The number of β-amino-alcohol motifs (C(OH)–C–C–N with tert-alkyl or cyclic N) is 1. The van der Waals surface area contributed by atoms with Gasteiger partial charge in [0.05, 0.1) is 26.9 Å². The fraction of sp³-hybridized carbons (Fsp3) is 0.672. The van der Waals surface area contributed by atoms with Crippen LogP contribution >= 0.6 is 0 Å². The normalized spacial score (nSPS) is 32.7. The van der Waals surface area contributed by atoms with Crippen LogP contribution in [0, 0.1) is 64.1 Å². The maximum absolute atomic E-state index is 13.5. The summed E-state index contributed by atoms with van der Waals surface area (Å²) in [5.74, 6) is 6.24. The third-order valence-electron chi connectivity index (χ3n) is 19.0. The first kappa shape index (κ1) is 52.2. The lowest BCUT2D eigenvalue weighted by molar-refractivity contribution is -0.130. The second-order valence-corrected chi connectivity index (χ2v) is 23.6. The summed E-state index contributed by atoms with van der Waals surface area (Å²) in [5, 5.41) is 14.4. The van der Waals surface area contributed by atoms with Gasteiger partial charge in [-0.2, -0.15) is 0 Å². The molecule has 9 heteroatoms. The molecule has 0 bridgehead atoms. The average Bonchev–Trinajstić information content (AvgIpc) is 3.92. The minimum absolute atomic E-state index is 0.0453. The highest BCUT2D eigenvalue weighted by Crippen LogP contribution is 2.67. The molecule has 1 heterocycles. The smallest absolute Gasteiger partial charge is 0.407 e. The lowest BCUT2D eigenvalue weighted by atomic mass is 9.47. The van der Waals surface area contributed by atoms with Crippen LogP contribution in [0.3, 0.4) is 0 Å². The number of ether oxygens (including phenoxy) is 4. The number of nitrogens with one attached hydrogen (secondary N) is 1. The van der Waals surface area contributed by atoms with Crippen molar-refractivity contribution in [3.8, 4) is 5.75 Å². The number of benzene rings is 2. The first-order valence-corrected chi connectivity index (χ1v) is 27.6. The van der Waals surface area contributed by atoms with E-state index in [2.05, 4.69) is 89.4 Å². The van der Waals surface area contributed by atoms with Gasteiger partial charge in [0.2, 0.25) is 5.91 Å². The van der Waals surface area contributed by atoms with Crippen molar-refractivity contribution in [3.05, 3.63) is 101 Å². The number of alkyl carbamates (subject to hydrolysis) is 1. The van der Waals surface area contributed by atoms with Gasteiger partial charge in [0.25, 0.3) is 0 Å². The molecule has 70 heavy (non-hydrogen) atoms. The van der Waals surface area contributed by atoms with Gasteiger partial charge in [0.1, 0.15) is 23.2 Å². The number of allylic oxidation sites excluding steroid dienone is 3. The van der Waals surface area contributed by atoms with Gasteiger partial charge >= 0.3 is 6.09 Å². The molecule has 3 saturated carbocycles. The Labute approximate surface area is 421 Å². The Morgan fingerprint density at radius 1 is 0.871 bits per heavy atom. The van der Waals surface area contributed by atoms with E-state index in [4.69, 9.17) is 18.9 Å². The van der Waals surface area contributed by atoms with Crippen molar-refractivity contribution in [1.29, 1.82) is 0 Å². The zero-order valence-corrected chi connectivity index (χ0v) is 44.1. The van der Waals surface area contributed by atoms with Gasteiger partial charge in [0.15, 0.2) is 0 Å². The van der Waals surface area contributed by atoms with E-state index in [-0.39, 0.29) is 54.4 Å². The number of aliphatic hydroxyl groups excluding tert-OH is 1. The number of methoxy groups -OCH3 is 2. The van der Waals surface area contributed by atoms with E-state index in [1.165, 1.54) is 51.4 Å². The number of rotatable bonds is 20. The second-order valence-electron chi connectivity index (χ2n) is 23.6. The highest BCUT2D eigenvalue weighted by Gasteiger charge is 2.59. The first-order chi connectivity index (χ1) is 33.7. The van der Waals surface area contributed by atoms with Gasteiger partial charge in [-0.25, -0.2) is 4.79 Å². The number of fused-ring (bicyclic) bond motifs is 5. The predicted octanol–water partition coefficient (Wildman–Crippen LogP) is 12.8. The third kappa shape index (κ3) is 11.0. The van der Waals surface area contributed by atoms with Crippen LogP contribution in [0.4, 0.5) is 4.79 Å². The van der Waals surface area contributed by atoms with E-state index < -0.39 is 11.7 Å². The molecule has 384 valence electrons. The van der Waals surface area contributed by atoms with Crippen molar-refractivity contribution in [2.75, 3.05) is 40.5 Å². The van der Waals surface area contributed by atoms with Crippen LogP contribution in [0.1, 0.15) is 149 Å². The van der Waals surface area contributed by atoms with Crippen molar-refractivity contribution in [2.24, 2.45) is 64.1 Å². The molecular weight excluding hydrogens is 873 g/mol. The summed E-state index contributed by atoms with van der Waals surface area (Å²) in [6, 6.07) is 18.4. The van der Waals surface area contributed by atoms with Gasteiger partial charge in [0, 0.05) is 44.3 Å². The zero-order chi connectivity index (χ0) is 49.6. The molecule has 1 saturated heterocycles. The van der Waals surface area contributed by atoms with E-state index in [0.29, 0.717) is 24.9 Å². The molecule has 0 spiro atoms. The van der Waals surface area contributed by atoms with Crippen molar-refractivity contribution < 1.29 is 33.6 Å². The third-order valence-corrected chi connectivity index (χ3v) is 19.0. The van der Waals surface area contributed by atoms with Crippen molar-refractivity contribution in [3.63, 3.8) is 0 Å². The lowest BCUT2D eigenvalue weighted by Crippen LogP contribution is -2.51. The fourth-order valence-corrected chi connectivity index (χ4v) is 15.1. The summed E-state index contributed by atoms with van der Waals surface area (Å²) in [4.78, 5) is 28.4. The molecule has 0 radical (unpaired) electrons. The second kappa shape index (κ2) is 22.8. The molecular formula is C61H88N2O7. The monoisotopic (exact) mass is 961 g/mol. The Hall–Kier alpha value is -4.08. The number of carbonyl (C=O) groups excluding carboxylic acids is 2. The summed E-state index contributed by atoms with van der Waals surface area (Å²) in [5.41, 5.74) is 3.36. The average molecular weight is 961 g/mol. The van der Waals surface area contributed by atoms with Crippen LogP contribution in [0.25, 0.3) is 0 Å². The molecule has 2 amide bonds. The molecule has 1 aliphatic heterocycles. The molecule has 8 rings (SSSR count). The minimum Gasteiger partial charge on any atom is -0.497 e. The van der Waals surface area contributed by atoms with Crippen molar-refractivity contribution in [2.45, 2.75) is 156 Å². The summed E-state index contributed by atoms with van der Waals surface area (Å²) in [6.07, 6.45) is 24.3. The Bertz CT molecular complexity index is 2150. The summed E-state index contributed by atoms with van der Waals surface area (Å²) in [7, 11) is 3.35. The maximum atomic E-state index is 13.5. The summed E-state index contributed by atoms with van der Waals surface area (Å²) in [6.45, 7) is 16.2. The van der Waals surface area contributed by atoms with Crippen LogP contribution in [0.2, 0.25) is 0 Å². The summed E-state index contributed by atoms with van der Waals surface area (Å²) >= 11 is 0. The summed E-state index contributed by atoms with van der Waals surface area (Å²) < 4.78 is 24.4. The first-order valence-electron chi connectivity index (χ1n) is 27.6. The number of carbonyl (C=O) groups is 2. The Balaban J connectivity index is 0.777. The predicted molar refractivity (Wildman–Crippen MR) is 279 cm³/mol. The van der Waals surface area contributed by atoms with Crippen LogP contribution in [0.5, 0.6) is 5.75 Å². The molecule has 4 fully saturated rings. The van der Waals surface area contributed by atoms with Gasteiger partial charge in [-0.3, -0.25) is 4.79 Å². The number of hydrogen-bond donors (Lipinski definition) is 2. The molecule has 2 aromatic rings. The van der Waals surface area contributed by atoms with Gasteiger partial charge in [-0.15, -0.1) is 0 Å². The molecule has 5 aliphatic carbocycles. The van der Waals surface area contributed by atoms with Gasteiger partial charge < -0.3 is 34.3 Å². The Morgan fingerprint density at radius 3 is 2.37 bits per heavy atom. The van der Waals surface area contributed by atoms with E-state index >= 15 is 0 Å². The topological polar surface area (TPSA) is 107 Å². The van der Waals surface area contributed by atoms with Gasteiger partial charge in [-0.1, -0.05) is 127 Å². The van der Waals surface area contributed by atoms with Gasteiger partial charge in [-0.05, 0) is 145 Å². The van der Waals surface area contributed by atoms with Crippen LogP contribution in [0.15, 0.2) is 90.2 Å². The Morgan fingerprint density at radius 2 is 1.64 bits per heavy atom. The standard InChI is InChI=1S/C61H88N2O7/c1-41(2)16-15-17-42(3)52-29-30-54-51-27-23-47-37-50(31-33-59(47,5)55(51)32-34-60(52,54)6)70-58(66)62-35-14-10-13-20-57(65)63-38-44(56(64)39-63)40-69-61(45-18-11-9-12-19-45,46-21-24-48(67-7)25-22-46)53-28-26-49(68-8)36-43(53)4/h9,11-12,18-19,21-26,28,36,41-44,50-56,64H,10,13-17,20,27,29-35,37-40H2,1-8H3,(H,62,66)/t42?,43?,44?,50-,51?,52+,53?,54?,55?,56?,59-,60+,61?/m0/s1. The number of aliphatic hydroxyl groups is 1. The quantitative estimate of drug-likeness (QED) is 0.101. The van der Waals surface area contributed by atoms with Crippen molar-refractivity contribution >= 4 is 12.0 Å². The molecule has 6 aliphatic rings. The lowest BCUT2D eigenvalue weighted by Gasteiger charge is -2.58. The maximum Gasteiger partial charge on any atom is 0.407 e. The number of unbranched alkanes of at least 4 members (excludes halogenated alkanes) is 2. The van der Waals surface area contributed by atoms with E-state index in [1.807, 2.05) is 36.4 Å². The fourth-order valence-electron chi connectivity index (χ4n) is 15.1. The molecule has 13 atom stereocenters. The highest BCUT2D eigenvalue weighted by atomic mass is 16.6. The molecule has 2 aromatic carbocycles. The van der Waals surface area contributed by atoms with Crippen LogP contribution in [-0.4, -0.2) is 74.7 Å². The molecule has 9 unspecified atom stereocenters. The van der Waals surface area contributed by atoms with Crippen LogP contribution in [-0.2, 0) is 24.6 Å². The molecule has 9 nitrogen and oxygen atoms in total. The molecule has 2 N–H and O–H groups in total. The Kier molecular flexibility index (Phi) is 17.0. The highest BCUT2D eigenvalue weighted by molar-refractivity contribution is 5.76. The van der Waals surface area contributed by atoms with E-state index in [1.54, 1.807) is 24.7 Å². The van der Waals surface area contributed by atoms with E-state index in [0.717, 1.165) is 96.7 Å². The van der Waals surface area contributed by atoms with E-state index in [9.17, 15) is 14.7 Å². The van der Waals surface area contributed by atoms with Crippen molar-refractivity contribution in [1.82, 2.24) is 10.2 Å². The largest absolute Gasteiger partial charge is 0.497 e. The number of amides is 2. The number of nitrogens with zero attached hydrogens (tertiary/aromatic N) is 1. The molecule has 0 aromatic heterocycles. The number of hydrogen-bond acceptors (Lipinski definition) is 7. The van der Waals surface area contributed by atoms with Crippen LogP contribution < -0.4 is 10.1 Å².